The maximum Gasteiger partial charge on any atom is 0.310 e. The number of rotatable bonds is 6. The smallest absolute Gasteiger partial charge is 0.310 e. The summed E-state index contributed by atoms with van der Waals surface area (Å²) in [5.74, 6) is 0.759. The maximum absolute atomic E-state index is 11.9. The van der Waals surface area contributed by atoms with Gasteiger partial charge in [0.05, 0.1) is 10.4 Å². The average molecular weight is 400 g/mol. The fourth-order valence-corrected chi connectivity index (χ4v) is 3.81. The molecule has 0 bridgehead atoms. The van der Waals surface area contributed by atoms with Crippen LogP contribution in [0.4, 0.5) is 17.2 Å². The van der Waals surface area contributed by atoms with Crippen molar-refractivity contribution < 1.29 is 13.3 Å². The van der Waals surface area contributed by atoms with Crippen molar-refractivity contribution in [1.82, 2.24) is 4.98 Å². The number of fused-ring (bicyclic) bond motifs is 1. The number of hydrogen-bond donors (Lipinski definition) is 1. The second-order valence-corrected chi connectivity index (χ2v) is 8.57. The summed E-state index contributed by atoms with van der Waals surface area (Å²) in [5, 5.41) is 15.5. The highest BCUT2D eigenvalue weighted by atomic mass is 32.2. The van der Waals surface area contributed by atoms with Gasteiger partial charge in [0.15, 0.2) is 9.84 Å². The summed E-state index contributed by atoms with van der Waals surface area (Å²) in [7, 11) is 0.0324. The SMILES string of the molecule is CN(C)c1cc(CNc2cccc(S(C)(=O)=O)c2[N+](=O)[O-])c2ccccc2n1. The van der Waals surface area contributed by atoms with E-state index in [0.29, 0.717) is 0 Å². The summed E-state index contributed by atoms with van der Waals surface area (Å²) in [6.45, 7) is 0.276. The topological polar surface area (TPSA) is 105 Å². The van der Waals surface area contributed by atoms with Crippen molar-refractivity contribution in [3.05, 3.63) is 64.2 Å². The largest absolute Gasteiger partial charge is 0.375 e. The lowest BCUT2D eigenvalue weighted by Crippen LogP contribution is -2.12. The number of benzene rings is 2. The van der Waals surface area contributed by atoms with Gasteiger partial charge in [-0.05, 0) is 29.8 Å². The second kappa shape index (κ2) is 7.43. The molecule has 146 valence electrons. The van der Waals surface area contributed by atoms with Crippen LogP contribution in [0.25, 0.3) is 10.9 Å². The van der Waals surface area contributed by atoms with E-state index in [4.69, 9.17) is 0 Å². The first kappa shape index (κ1) is 19.6. The predicted molar refractivity (Wildman–Crippen MR) is 110 cm³/mol. The molecule has 0 atom stereocenters. The van der Waals surface area contributed by atoms with Gasteiger partial charge >= 0.3 is 5.69 Å². The molecule has 0 amide bonds. The molecule has 28 heavy (non-hydrogen) atoms. The Balaban J connectivity index is 2.05. The number of pyridine rings is 1. The molecule has 0 fully saturated rings. The fraction of sp³-hybridized carbons (Fsp3) is 0.211. The van der Waals surface area contributed by atoms with Gasteiger partial charge in [-0.25, -0.2) is 13.4 Å². The summed E-state index contributed by atoms with van der Waals surface area (Å²) in [6.07, 6.45) is 0.957. The lowest BCUT2D eigenvalue weighted by molar-refractivity contribution is -0.386. The van der Waals surface area contributed by atoms with E-state index in [1.807, 2.05) is 49.3 Å². The van der Waals surface area contributed by atoms with Crippen molar-refractivity contribution in [2.24, 2.45) is 0 Å². The molecule has 0 spiro atoms. The van der Waals surface area contributed by atoms with E-state index in [2.05, 4.69) is 10.3 Å². The van der Waals surface area contributed by atoms with Crippen LogP contribution in [-0.4, -0.2) is 38.7 Å². The Bertz CT molecular complexity index is 1160. The van der Waals surface area contributed by atoms with Gasteiger partial charge < -0.3 is 10.2 Å². The van der Waals surface area contributed by atoms with Crippen molar-refractivity contribution >= 4 is 37.9 Å². The van der Waals surface area contributed by atoms with E-state index in [-0.39, 0.29) is 17.1 Å². The number of hydrogen-bond acceptors (Lipinski definition) is 7. The van der Waals surface area contributed by atoms with Gasteiger partial charge in [-0.15, -0.1) is 0 Å². The molecular weight excluding hydrogens is 380 g/mol. The monoisotopic (exact) mass is 400 g/mol. The number of sulfone groups is 1. The molecule has 0 saturated heterocycles. The molecule has 8 nitrogen and oxygen atoms in total. The summed E-state index contributed by atoms with van der Waals surface area (Å²) in [5.41, 5.74) is 1.41. The number of nitrogens with one attached hydrogen (secondary N) is 1. The van der Waals surface area contributed by atoms with Crippen molar-refractivity contribution in [3.8, 4) is 0 Å². The third-order valence-corrected chi connectivity index (χ3v) is 5.43. The zero-order valence-electron chi connectivity index (χ0n) is 15.7. The molecule has 1 N–H and O–H groups in total. The van der Waals surface area contributed by atoms with Crippen LogP contribution in [0, 0.1) is 10.1 Å². The third kappa shape index (κ3) is 3.89. The van der Waals surface area contributed by atoms with E-state index in [9.17, 15) is 18.5 Å². The Kier molecular flexibility index (Phi) is 5.19. The van der Waals surface area contributed by atoms with Crippen molar-refractivity contribution in [2.75, 3.05) is 30.6 Å². The average Bonchev–Trinajstić information content (AvgIpc) is 2.64. The molecule has 0 saturated carbocycles. The minimum absolute atomic E-state index is 0.153. The molecule has 1 aromatic heterocycles. The highest BCUT2D eigenvalue weighted by Crippen LogP contribution is 2.33. The highest BCUT2D eigenvalue weighted by Gasteiger charge is 2.26. The standard InChI is InChI=1S/C19H20N4O4S/c1-22(2)18-11-13(14-7-4-5-8-15(14)21-18)12-20-16-9-6-10-17(28(3,26)27)19(16)23(24)25/h4-11,20H,12H2,1-3H3. The number of nitro benzene ring substituents is 1. The van der Waals surface area contributed by atoms with Gasteiger partial charge in [-0.1, -0.05) is 24.3 Å². The van der Waals surface area contributed by atoms with Gasteiger partial charge in [-0.2, -0.15) is 0 Å². The van der Waals surface area contributed by atoms with Crippen LogP contribution in [0.3, 0.4) is 0 Å². The minimum Gasteiger partial charge on any atom is -0.375 e. The second-order valence-electron chi connectivity index (χ2n) is 6.59. The molecule has 3 rings (SSSR count). The van der Waals surface area contributed by atoms with Crippen LogP contribution in [0.5, 0.6) is 0 Å². The number of nitrogens with zero attached hydrogens (tertiary/aromatic N) is 3. The molecule has 1 heterocycles. The summed E-state index contributed by atoms with van der Waals surface area (Å²) < 4.78 is 23.9. The summed E-state index contributed by atoms with van der Waals surface area (Å²) in [6, 6.07) is 13.8. The molecule has 2 aromatic carbocycles. The number of anilines is 2. The van der Waals surface area contributed by atoms with Crippen LogP contribution in [-0.2, 0) is 16.4 Å². The van der Waals surface area contributed by atoms with Crippen molar-refractivity contribution in [1.29, 1.82) is 0 Å². The van der Waals surface area contributed by atoms with Crippen LogP contribution < -0.4 is 10.2 Å². The van der Waals surface area contributed by atoms with Crippen LogP contribution in [0.15, 0.2) is 53.4 Å². The minimum atomic E-state index is -3.73. The van der Waals surface area contributed by atoms with Crippen molar-refractivity contribution in [2.45, 2.75) is 11.4 Å². The van der Waals surface area contributed by atoms with Gasteiger partial charge in [0, 0.05) is 32.3 Å². The van der Waals surface area contributed by atoms with E-state index in [1.54, 1.807) is 0 Å². The quantitative estimate of drug-likeness (QED) is 0.500. The van der Waals surface area contributed by atoms with Crippen LogP contribution >= 0.6 is 0 Å². The van der Waals surface area contributed by atoms with E-state index >= 15 is 0 Å². The predicted octanol–water partition coefficient (Wildman–Crippen LogP) is 3.22. The number of nitro groups is 1. The molecule has 0 radical (unpaired) electrons. The van der Waals surface area contributed by atoms with Gasteiger partial charge in [-0.3, -0.25) is 10.1 Å². The lowest BCUT2D eigenvalue weighted by atomic mass is 10.1. The Labute approximate surface area is 162 Å². The first-order valence-corrected chi connectivity index (χ1v) is 10.3. The Morgan fingerprint density at radius 1 is 1.14 bits per heavy atom. The van der Waals surface area contributed by atoms with E-state index < -0.39 is 20.4 Å². The van der Waals surface area contributed by atoms with Gasteiger partial charge in [0.25, 0.3) is 0 Å². The molecule has 0 unspecified atom stereocenters. The van der Waals surface area contributed by atoms with Gasteiger partial charge in [0.2, 0.25) is 0 Å². The zero-order valence-corrected chi connectivity index (χ0v) is 16.5. The third-order valence-electron chi connectivity index (χ3n) is 4.30. The first-order chi connectivity index (χ1) is 13.2. The lowest BCUT2D eigenvalue weighted by Gasteiger charge is -2.16. The Morgan fingerprint density at radius 3 is 2.50 bits per heavy atom. The molecule has 0 aliphatic rings. The molecule has 9 heteroatoms. The van der Waals surface area contributed by atoms with E-state index in [0.717, 1.165) is 28.5 Å². The first-order valence-electron chi connectivity index (χ1n) is 8.46. The van der Waals surface area contributed by atoms with Crippen molar-refractivity contribution in [3.63, 3.8) is 0 Å². The highest BCUT2D eigenvalue weighted by molar-refractivity contribution is 7.90. The van der Waals surface area contributed by atoms with Gasteiger partial charge in [0.1, 0.15) is 16.4 Å². The number of para-hydroxylation sites is 2. The Hall–Kier alpha value is -3.20. The Morgan fingerprint density at radius 2 is 1.86 bits per heavy atom. The molecule has 0 aliphatic carbocycles. The summed E-state index contributed by atoms with van der Waals surface area (Å²) >= 11 is 0. The number of aromatic nitrogens is 1. The zero-order chi connectivity index (χ0) is 20.5. The normalized spacial score (nSPS) is 11.4. The fourth-order valence-electron chi connectivity index (χ4n) is 2.95. The molecular formula is C19H20N4O4S. The molecule has 0 aliphatic heterocycles. The summed E-state index contributed by atoms with van der Waals surface area (Å²) in [4.78, 5) is 17.0. The van der Waals surface area contributed by atoms with E-state index in [1.165, 1.54) is 18.2 Å². The van der Waals surface area contributed by atoms with Crippen LogP contribution in [0.2, 0.25) is 0 Å². The maximum atomic E-state index is 11.9. The molecule has 3 aromatic rings. The van der Waals surface area contributed by atoms with Crippen LogP contribution in [0.1, 0.15) is 5.56 Å².